The van der Waals surface area contributed by atoms with Crippen molar-refractivity contribution in [2.75, 3.05) is 17.4 Å². The van der Waals surface area contributed by atoms with E-state index in [9.17, 15) is 13.2 Å². The van der Waals surface area contributed by atoms with Crippen LogP contribution in [-0.2, 0) is 27.7 Å². The number of benzene rings is 3. The number of rotatable bonds is 12. The average Bonchev–Trinajstić information content (AvgIpc) is 2.86. The summed E-state index contributed by atoms with van der Waals surface area (Å²) in [5.41, 5.74) is 3.51. The molecule has 0 spiro atoms. The molecule has 3 aromatic rings. The van der Waals surface area contributed by atoms with Crippen molar-refractivity contribution in [2.24, 2.45) is 0 Å². The Hall–Kier alpha value is -3.32. The summed E-state index contributed by atoms with van der Waals surface area (Å²) in [6, 6.07) is 22.0. The first-order valence-electron chi connectivity index (χ1n) is 12.4. The summed E-state index contributed by atoms with van der Waals surface area (Å²) in [6.07, 6.45) is 2.32. The van der Waals surface area contributed by atoms with Gasteiger partial charge in [0.05, 0.1) is 16.7 Å². The number of nitrogens with zero attached hydrogens (tertiary/aromatic N) is 1. The van der Waals surface area contributed by atoms with Gasteiger partial charge in [0, 0.05) is 6.54 Å². The first-order chi connectivity index (χ1) is 17.2. The highest BCUT2D eigenvalue weighted by atomic mass is 32.2. The number of ether oxygens (including phenoxy) is 1. The van der Waals surface area contributed by atoms with Crippen LogP contribution in [0.4, 0.5) is 5.69 Å². The molecule has 0 saturated carbocycles. The monoisotopic (exact) mass is 508 g/mol. The van der Waals surface area contributed by atoms with Gasteiger partial charge in [-0.2, -0.15) is 0 Å². The molecule has 0 aromatic heterocycles. The second-order valence-electron chi connectivity index (χ2n) is 9.07. The number of carbonyl (C=O) groups excluding carboxylic acids is 1. The van der Waals surface area contributed by atoms with Crippen LogP contribution in [0.1, 0.15) is 43.9 Å². The van der Waals surface area contributed by atoms with Crippen LogP contribution in [-0.4, -0.2) is 33.5 Å². The van der Waals surface area contributed by atoms with Crippen LogP contribution in [0, 0.1) is 6.92 Å². The second-order valence-corrected chi connectivity index (χ2v) is 10.9. The molecule has 0 bridgehead atoms. The highest BCUT2D eigenvalue weighted by Crippen LogP contribution is 2.27. The molecule has 0 heterocycles. The molecule has 0 fully saturated rings. The molecule has 0 aliphatic carbocycles. The number of amides is 1. The summed E-state index contributed by atoms with van der Waals surface area (Å²) >= 11 is 0. The molecule has 1 N–H and O–H groups in total. The number of anilines is 1. The zero-order valence-corrected chi connectivity index (χ0v) is 22.3. The van der Waals surface area contributed by atoms with E-state index in [1.807, 2.05) is 64.1 Å². The van der Waals surface area contributed by atoms with Crippen LogP contribution >= 0.6 is 0 Å². The van der Waals surface area contributed by atoms with E-state index in [4.69, 9.17) is 4.74 Å². The van der Waals surface area contributed by atoms with Crippen molar-refractivity contribution in [1.82, 2.24) is 5.32 Å². The maximum Gasteiger partial charge on any atom is 0.264 e. The first-order valence-corrected chi connectivity index (χ1v) is 13.8. The van der Waals surface area contributed by atoms with Crippen molar-refractivity contribution in [3.8, 4) is 5.75 Å². The Morgan fingerprint density at radius 3 is 2.28 bits per heavy atom. The molecule has 3 aromatic carbocycles. The van der Waals surface area contributed by atoms with Gasteiger partial charge in [-0.1, -0.05) is 55.0 Å². The molecule has 1 amide bonds. The van der Waals surface area contributed by atoms with Crippen molar-refractivity contribution in [1.29, 1.82) is 0 Å². The molecule has 0 unspecified atom stereocenters. The summed E-state index contributed by atoms with van der Waals surface area (Å²) in [6.45, 7) is 8.03. The Bertz CT molecular complexity index is 1240. The zero-order chi connectivity index (χ0) is 26.1. The quantitative estimate of drug-likeness (QED) is 0.337. The summed E-state index contributed by atoms with van der Waals surface area (Å²) < 4.78 is 34.1. The van der Waals surface area contributed by atoms with Gasteiger partial charge in [-0.05, 0) is 81.5 Å². The van der Waals surface area contributed by atoms with Gasteiger partial charge in [0.1, 0.15) is 12.3 Å². The lowest BCUT2D eigenvalue weighted by atomic mass is 10.1. The average molecular weight is 509 g/mol. The standard InChI is InChI=1S/C29H36N2O4S/c1-5-25-10-6-7-11-28(25)31(36(33,34)27-18-12-23(4)13-19-27)21-29(32)30-20-8-9-24-14-16-26(17-15-24)35-22(2)3/h6-7,10-19,22H,5,8-9,20-21H2,1-4H3,(H,30,32). The van der Waals surface area contributed by atoms with Gasteiger partial charge in [0.15, 0.2) is 0 Å². The summed E-state index contributed by atoms with van der Waals surface area (Å²) in [5.74, 6) is 0.501. The van der Waals surface area contributed by atoms with E-state index < -0.39 is 10.0 Å². The first kappa shape index (κ1) is 27.3. The number of nitrogens with one attached hydrogen (secondary N) is 1. The van der Waals surface area contributed by atoms with Gasteiger partial charge >= 0.3 is 0 Å². The van der Waals surface area contributed by atoms with Crippen molar-refractivity contribution in [3.05, 3.63) is 89.5 Å². The second kappa shape index (κ2) is 12.6. The smallest absolute Gasteiger partial charge is 0.264 e. The van der Waals surface area contributed by atoms with E-state index in [2.05, 4.69) is 5.32 Å². The molecule has 0 aliphatic rings. The lowest BCUT2D eigenvalue weighted by Gasteiger charge is -2.26. The fourth-order valence-corrected chi connectivity index (χ4v) is 5.36. The van der Waals surface area contributed by atoms with E-state index in [0.717, 1.165) is 35.3 Å². The minimum Gasteiger partial charge on any atom is -0.491 e. The predicted molar refractivity (Wildman–Crippen MR) is 145 cm³/mol. The topological polar surface area (TPSA) is 75.7 Å². The maximum absolute atomic E-state index is 13.6. The van der Waals surface area contributed by atoms with Gasteiger partial charge in [0.25, 0.3) is 10.0 Å². The molecule has 192 valence electrons. The normalized spacial score (nSPS) is 11.4. The molecule has 3 rings (SSSR count). The molecule has 0 radical (unpaired) electrons. The van der Waals surface area contributed by atoms with Gasteiger partial charge in [-0.15, -0.1) is 0 Å². The fourth-order valence-electron chi connectivity index (χ4n) is 3.90. The van der Waals surface area contributed by atoms with Crippen LogP contribution in [0.15, 0.2) is 77.7 Å². The molecule has 0 aliphatic heterocycles. The highest BCUT2D eigenvalue weighted by Gasteiger charge is 2.28. The minimum atomic E-state index is -3.92. The van der Waals surface area contributed by atoms with E-state index in [0.29, 0.717) is 18.7 Å². The number of para-hydroxylation sites is 1. The maximum atomic E-state index is 13.6. The lowest BCUT2D eigenvalue weighted by molar-refractivity contribution is -0.119. The third-order valence-corrected chi connectivity index (χ3v) is 7.57. The van der Waals surface area contributed by atoms with E-state index >= 15 is 0 Å². The predicted octanol–water partition coefficient (Wildman–Crippen LogP) is 5.29. The molecule has 0 atom stereocenters. The fraction of sp³-hybridized carbons (Fsp3) is 0.345. The Morgan fingerprint density at radius 1 is 0.972 bits per heavy atom. The SMILES string of the molecule is CCc1ccccc1N(CC(=O)NCCCc1ccc(OC(C)C)cc1)S(=O)(=O)c1ccc(C)cc1. The Kier molecular flexibility index (Phi) is 9.53. The minimum absolute atomic E-state index is 0.129. The molecular formula is C29H36N2O4S. The Morgan fingerprint density at radius 2 is 1.64 bits per heavy atom. The van der Waals surface area contributed by atoms with Gasteiger partial charge in [0.2, 0.25) is 5.91 Å². The molecule has 0 saturated heterocycles. The number of sulfonamides is 1. The van der Waals surface area contributed by atoms with E-state index in [-0.39, 0.29) is 23.5 Å². The largest absolute Gasteiger partial charge is 0.491 e. The van der Waals surface area contributed by atoms with Crippen LogP contribution in [0.5, 0.6) is 5.75 Å². The van der Waals surface area contributed by atoms with Gasteiger partial charge in [-0.3, -0.25) is 9.10 Å². The summed E-state index contributed by atoms with van der Waals surface area (Å²) in [5, 5.41) is 2.89. The third-order valence-electron chi connectivity index (χ3n) is 5.80. The van der Waals surface area contributed by atoms with Crippen molar-refractivity contribution in [3.63, 3.8) is 0 Å². The Balaban J connectivity index is 1.67. The zero-order valence-electron chi connectivity index (χ0n) is 21.5. The summed E-state index contributed by atoms with van der Waals surface area (Å²) in [7, 11) is -3.92. The Labute approximate surface area is 215 Å². The van der Waals surface area contributed by atoms with E-state index in [1.165, 1.54) is 4.31 Å². The van der Waals surface area contributed by atoms with E-state index in [1.54, 1.807) is 36.4 Å². The summed E-state index contributed by atoms with van der Waals surface area (Å²) in [4.78, 5) is 13.0. The lowest BCUT2D eigenvalue weighted by Crippen LogP contribution is -2.41. The number of carbonyl (C=O) groups is 1. The van der Waals surface area contributed by atoms with Crippen molar-refractivity contribution >= 4 is 21.6 Å². The molecule has 6 nitrogen and oxygen atoms in total. The van der Waals surface area contributed by atoms with Crippen molar-refractivity contribution in [2.45, 2.75) is 58.0 Å². The van der Waals surface area contributed by atoms with Crippen LogP contribution < -0.4 is 14.4 Å². The van der Waals surface area contributed by atoms with Gasteiger partial charge in [-0.25, -0.2) is 8.42 Å². The number of hydrogen-bond donors (Lipinski definition) is 1. The van der Waals surface area contributed by atoms with Crippen LogP contribution in [0.2, 0.25) is 0 Å². The van der Waals surface area contributed by atoms with Crippen molar-refractivity contribution < 1.29 is 17.9 Å². The number of hydrogen-bond acceptors (Lipinski definition) is 4. The van der Waals surface area contributed by atoms with Crippen LogP contribution in [0.25, 0.3) is 0 Å². The molecule has 36 heavy (non-hydrogen) atoms. The third kappa shape index (κ3) is 7.34. The van der Waals surface area contributed by atoms with Crippen LogP contribution in [0.3, 0.4) is 0 Å². The van der Waals surface area contributed by atoms with Gasteiger partial charge < -0.3 is 10.1 Å². The number of aryl methyl sites for hydroxylation is 3. The molecular weight excluding hydrogens is 472 g/mol. The highest BCUT2D eigenvalue weighted by molar-refractivity contribution is 7.92. The molecule has 7 heteroatoms.